The molecule has 0 aliphatic rings. The topological polar surface area (TPSA) is 0 Å². The molecule has 50 heavy (non-hydrogen) atoms. The molecule has 10 rings (SSSR count). The van der Waals surface area contributed by atoms with Crippen molar-refractivity contribution in [3.8, 4) is 44.5 Å². The second-order valence-corrected chi connectivity index (χ2v) is 13.3. The van der Waals surface area contributed by atoms with Gasteiger partial charge in [0.25, 0.3) is 0 Å². The molecule has 0 amide bonds. The molecule has 232 valence electrons. The molecule has 0 atom stereocenters. The maximum atomic E-state index is 2.41. The van der Waals surface area contributed by atoms with Crippen LogP contribution in [0.25, 0.3) is 98.4 Å². The number of hydrogen-bond acceptors (Lipinski definition) is 0. The van der Waals surface area contributed by atoms with Crippen molar-refractivity contribution in [2.24, 2.45) is 0 Å². The van der Waals surface area contributed by atoms with Crippen LogP contribution in [-0.4, -0.2) is 0 Å². The van der Waals surface area contributed by atoms with Gasteiger partial charge in [-0.15, -0.1) is 0 Å². The lowest BCUT2D eigenvalue weighted by Gasteiger charge is -2.18. The molecule has 10 aromatic carbocycles. The van der Waals surface area contributed by atoms with E-state index in [2.05, 4.69) is 194 Å². The molecule has 0 aromatic heterocycles. The number of hydrogen-bond donors (Lipinski definition) is 0. The number of benzene rings is 10. The molecule has 0 radical (unpaired) electrons. The minimum Gasteiger partial charge on any atom is -0.0616 e. The maximum Gasteiger partial charge on any atom is -0.00204 e. The Kier molecular flexibility index (Phi) is 6.60. The highest BCUT2D eigenvalue weighted by Crippen LogP contribution is 2.44. The summed E-state index contributed by atoms with van der Waals surface area (Å²) >= 11 is 0. The maximum absolute atomic E-state index is 2.41. The van der Waals surface area contributed by atoms with E-state index in [9.17, 15) is 0 Å². The molecule has 0 N–H and O–H groups in total. The zero-order valence-corrected chi connectivity index (χ0v) is 27.5. The Labute approximate surface area is 291 Å². The van der Waals surface area contributed by atoms with Crippen molar-refractivity contribution in [2.45, 2.75) is 0 Å². The van der Waals surface area contributed by atoms with Crippen molar-refractivity contribution in [3.63, 3.8) is 0 Å². The van der Waals surface area contributed by atoms with Gasteiger partial charge in [0.15, 0.2) is 0 Å². The van der Waals surface area contributed by atoms with E-state index in [0.717, 1.165) is 0 Å². The Bertz CT molecular complexity index is 2920. The van der Waals surface area contributed by atoms with E-state index in [0.29, 0.717) is 0 Å². The molecule has 0 unspecified atom stereocenters. The Morgan fingerprint density at radius 1 is 0.200 bits per heavy atom. The van der Waals surface area contributed by atoms with Gasteiger partial charge in [-0.05, 0) is 123 Å². The Morgan fingerprint density at radius 2 is 0.620 bits per heavy atom. The van der Waals surface area contributed by atoms with E-state index < -0.39 is 0 Å². The second kappa shape index (κ2) is 11.6. The van der Waals surface area contributed by atoms with Gasteiger partial charge in [-0.1, -0.05) is 170 Å². The van der Waals surface area contributed by atoms with Gasteiger partial charge >= 0.3 is 0 Å². The average molecular weight is 633 g/mol. The molecule has 0 aliphatic heterocycles. The molecule has 0 saturated carbocycles. The first kappa shape index (κ1) is 28.5. The van der Waals surface area contributed by atoms with Gasteiger partial charge in [-0.3, -0.25) is 0 Å². The zero-order chi connectivity index (χ0) is 33.0. The van der Waals surface area contributed by atoms with Crippen LogP contribution in [0.4, 0.5) is 0 Å². The van der Waals surface area contributed by atoms with E-state index in [1.165, 1.54) is 98.4 Å². The summed E-state index contributed by atoms with van der Waals surface area (Å²) in [7, 11) is 0. The van der Waals surface area contributed by atoms with Crippen LogP contribution in [0.3, 0.4) is 0 Å². The molecule has 0 nitrogen and oxygen atoms in total. The summed E-state index contributed by atoms with van der Waals surface area (Å²) in [6.07, 6.45) is 0. The summed E-state index contributed by atoms with van der Waals surface area (Å²) in [6.45, 7) is 0. The quantitative estimate of drug-likeness (QED) is 0.181. The highest BCUT2D eigenvalue weighted by atomic mass is 14.2. The molecular formula is C50H32. The van der Waals surface area contributed by atoms with Crippen LogP contribution in [-0.2, 0) is 0 Å². The van der Waals surface area contributed by atoms with Gasteiger partial charge in [0.1, 0.15) is 0 Å². The normalized spacial score (nSPS) is 11.6. The van der Waals surface area contributed by atoms with Gasteiger partial charge in [0.2, 0.25) is 0 Å². The van der Waals surface area contributed by atoms with Crippen molar-refractivity contribution in [1.82, 2.24) is 0 Å². The summed E-state index contributed by atoms with van der Waals surface area (Å²) in [5.74, 6) is 0. The van der Waals surface area contributed by atoms with Crippen LogP contribution in [0, 0.1) is 0 Å². The average Bonchev–Trinajstić information content (AvgIpc) is 3.19. The third kappa shape index (κ3) is 4.77. The van der Waals surface area contributed by atoms with Gasteiger partial charge in [0, 0.05) is 0 Å². The zero-order valence-electron chi connectivity index (χ0n) is 27.5. The summed E-state index contributed by atoms with van der Waals surface area (Å²) in [5.41, 5.74) is 9.90. The van der Waals surface area contributed by atoms with Crippen LogP contribution < -0.4 is 0 Å². The first-order chi connectivity index (χ1) is 24.8. The van der Waals surface area contributed by atoms with E-state index >= 15 is 0 Å². The van der Waals surface area contributed by atoms with Crippen LogP contribution in [0.1, 0.15) is 0 Å². The summed E-state index contributed by atoms with van der Waals surface area (Å²) in [6, 6.07) is 71.6. The fourth-order valence-electron chi connectivity index (χ4n) is 7.89. The van der Waals surface area contributed by atoms with Crippen molar-refractivity contribution < 1.29 is 0 Å². The van der Waals surface area contributed by atoms with Crippen LogP contribution in [0.2, 0.25) is 0 Å². The third-order valence-corrected chi connectivity index (χ3v) is 10.4. The lowest BCUT2D eigenvalue weighted by Crippen LogP contribution is -1.92. The molecule has 10 aromatic rings. The van der Waals surface area contributed by atoms with Gasteiger partial charge in [-0.25, -0.2) is 0 Å². The SMILES string of the molecule is c1ccc2cc(-c3ccc4ccc(-c5ccc6ccccc6c5)c(-c5cccc6c(-c7ccc8ccccc8c7)cccc56)c4c3)ccc2c1. The smallest absolute Gasteiger partial charge is 0.00204 e. The van der Waals surface area contributed by atoms with Crippen molar-refractivity contribution >= 4 is 53.9 Å². The highest BCUT2D eigenvalue weighted by molar-refractivity contribution is 6.14. The molecule has 0 saturated heterocycles. The minimum absolute atomic E-state index is 1.22. The monoisotopic (exact) mass is 632 g/mol. The molecule has 0 heteroatoms. The van der Waals surface area contributed by atoms with E-state index in [1.54, 1.807) is 0 Å². The lowest BCUT2D eigenvalue weighted by molar-refractivity contribution is 1.63. The molecule has 0 aliphatic carbocycles. The second-order valence-electron chi connectivity index (χ2n) is 13.3. The standard InChI is InChI=1S/C50H32/c1-4-12-37-29-40(23-19-33(37)9-1)41-24-22-36-27-28-45(43-26-21-35-11-3-6-14-39(35)31-43)50(49(36)32-41)48-18-8-16-46-44(15-7-17-47(46)48)42-25-20-34-10-2-5-13-38(34)30-42/h1-32H. The lowest BCUT2D eigenvalue weighted by atomic mass is 9.85. The Balaban J connectivity index is 1.25. The summed E-state index contributed by atoms with van der Waals surface area (Å²) in [5, 5.41) is 12.5. The molecule has 0 fully saturated rings. The van der Waals surface area contributed by atoms with Gasteiger partial charge < -0.3 is 0 Å². The van der Waals surface area contributed by atoms with E-state index in [4.69, 9.17) is 0 Å². The molecule has 0 heterocycles. The van der Waals surface area contributed by atoms with Crippen LogP contribution >= 0.6 is 0 Å². The molecular weight excluding hydrogens is 601 g/mol. The van der Waals surface area contributed by atoms with Gasteiger partial charge in [0.05, 0.1) is 0 Å². The first-order valence-corrected chi connectivity index (χ1v) is 17.3. The van der Waals surface area contributed by atoms with Crippen LogP contribution in [0.15, 0.2) is 194 Å². The van der Waals surface area contributed by atoms with E-state index in [-0.39, 0.29) is 0 Å². The third-order valence-electron chi connectivity index (χ3n) is 10.4. The first-order valence-electron chi connectivity index (χ1n) is 17.3. The molecule has 0 spiro atoms. The van der Waals surface area contributed by atoms with Crippen molar-refractivity contribution in [2.75, 3.05) is 0 Å². The minimum atomic E-state index is 1.22. The predicted molar refractivity (Wildman–Crippen MR) is 216 cm³/mol. The van der Waals surface area contributed by atoms with Crippen LogP contribution in [0.5, 0.6) is 0 Å². The van der Waals surface area contributed by atoms with E-state index in [1.807, 2.05) is 0 Å². The fraction of sp³-hybridized carbons (Fsp3) is 0. The highest BCUT2D eigenvalue weighted by Gasteiger charge is 2.17. The van der Waals surface area contributed by atoms with Crippen molar-refractivity contribution in [3.05, 3.63) is 194 Å². The predicted octanol–water partition coefficient (Wildman–Crippen LogP) is 14.1. The summed E-state index contributed by atoms with van der Waals surface area (Å²) in [4.78, 5) is 0. The Morgan fingerprint density at radius 3 is 1.22 bits per heavy atom. The summed E-state index contributed by atoms with van der Waals surface area (Å²) < 4.78 is 0. The number of fused-ring (bicyclic) bond motifs is 5. The Hall–Kier alpha value is -6.50. The molecule has 0 bridgehead atoms. The number of rotatable bonds is 4. The fourth-order valence-corrected chi connectivity index (χ4v) is 7.89. The van der Waals surface area contributed by atoms with Crippen molar-refractivity contribution in [1.29, 1.82) is 0 Å². The van der Waals surface area contributed by atoms with Gasteiger partial charge in [-0.2, -0.15) is 0 Å². The largest absolute Gasteiger partial charge is 0.0616 e.